The Hall–Kier alpha value is -1.40. The summed E-state index contributed by atoms with van der Waals surface area (Å²) in [5, 5.41) is 11.7. The maximum absolute atomic E-state index is 8.74. The number of nitrogens with one attached hydrogen (secondary N) is 2. The van der Waals surface area contributed by atoms with Crippen molar-refractivity contribution < 1.29 is 5.11 Å². The lowest BCUT2D eigenvalue weighted by atomic mass is 9.96. The Kier molecular flexibility index (Phi) is 4.03. The molecule has 0 saturated heterocycles. The molecule has 6 heteroatoms. The van der Waals surface area contributed by atoms with Crippen molar-refractivity contribution >= 4 is 11.6 Å². The Bertz CT molecular complexity index is 348. The van der Waals surface area contributed by atoms with Gasteiger partial charge in [-0.25, -0.2) is 15.8 Å². The Labute approximate surface area is 95.3 Å². The molecule has 0 aliphatic rings. The minimum absolute atomic E-state index is 0.0558. The zero-order chi connectivity index (χ0) is 12.2. The predicted octanol–water partition coefficient (Wildman–Crippen LogP) is 0.464. The Morgan fingerprint density at radius 2 is 1.94 bits per heavy atom. The van der Waals surface area contributed by atoms with Crippen molar-refractivity contribution in [2.24, 2.45) is 5.84 Å². The van der Waals surface area contributed by atoms with Gasteiger partial charge in [-0.1, -0.05) is 20.8 Å². The van der Waals surface area contributed by atoms with Crippen molar-refractivity contribution in [2.45, 2.75) is 26.2 Å². The van der Waals surface area contributed by atoms with Gasteiger partial charge in [-0.15, -0.1) is 0 Å². The quantitative estimate of drug-likeness (QED) is 0.439. The molecule has 0 bridgehead atoms. The number of aliphatic hydroxyl groups excluding tert-OH is 1. The second-order valence-electron chi connectivity index (χ2n) is 4.51. The van der Waals surface area contributed by atoms with Crippen LogP contribution < -0.4 is 16.6 Å². The normalized spacial score (nSPS) is 11.3. The van der Waals surface area contributed by atoms with Crippen molar-refractivity contribution in [3.63, 3.8) is 0 Å². The molecular formula is C10H19N5O. The van der Waals surface area contributed by atoms with E-state index in [1.54, 1.807) is 6.07 Å². The largest absolute Gasteiger partial charge is 0.395 e. The molecule has 0 saturated carbocycles. The second-order valence-corrected chi connectivity index (χ2v) is 4.51. The molecule has 5 N–H and O–H groups in total. The SMILES string of the molecule is CC(C)(C)c1nc(NN)cc(NCCO)n1. The summed E-state index contributed by atoms with van der Waals surface area (Å²) in [4.78, 5) is 8.64. The molecule has 0 radical (unpaired) electrons. The first kappa shape index (κ1) is 12.7. The molecule has 1 aromatic rings. The van der Waals surface area contributed by atoms with E-state index in [9.17, 15) is 0 Å². The first-order valence-electron chi connectivity index (χ1n) is 5.18. The fourth-order valence-corrected chi connectivity index (χ4v) is 1.13. The van der Waals surface area contributed by atoms with Crippen LogP contribution >= 0.6 is 0 Å². The summed E-state index contributed by atoms with van der Waals surface area (Å²) in [6, 6.07) is 1.70. The minimum Gasteiger partial charge on any atom is -0.395 e. The topological polar surface area (TPSA) is 96.1 Å². The van der Waals surface area contributed by atoms with E-state index in [1.165, 1.54) is 0 Å². The molecule has 0 atom stereocenters. The highest BCUT2D eigenvalue weighted by atomic mass is 16.3. The van der Waals surface area contributed by atoms with Gasteiger partial charge >= 0.3 is 0 Å². The molecule has 0 unspecified atom stereocenters. The molecule has 0 fully saturated rings. The van der Waals surface area contributed by atoms with Crippen molar-refractivity contribution in [3.8, 4) is 0 Å². The Morgan fingerprint density at radius 1 is 1.31 bits per heavy atom. The summed E-state index contributed by atoms with van der Waals surface area (Å²) in [5.74, 6) is 7.25. The first-order valence-corrected chi connectivity index (χ1v) is 5.18. The van der Waals surface area contributed by atoms with Crippen molar-refractivity contribution in [1.82, 2.24) is 9.97 Å². The number of hydrazine groups is 1. The first-order chi connectivity index (χ1) is 7.47. The van der Waals surface area contributed by atoms with Gasteiger partial charge in [0, 0.05) is 18.0 Å². The second kappa shape index (κ2) is 5.09. The minimum atomic E-state index is -0.150. The number of anilines is 2. The molecule has 90 valence electrons. The Morgan fingerprint density at radius 3 is 2.44 bits per heavy atom. The van der Waals surface area contributed by atoms with Crippen molar-refractivity contribution in [1.29, 1.82) is 0 Å². The third-order valence-corrected chi connectivity index (χ3v) is 1.96. The van der Waals surface area contributed by atoms with Gasteiger partial charge in [-0.05, 0) is 0 Å². The number of aliphatic hydroxyl groups is 1. The van der Waals surface area contributed by atoms with Gasteiger partial charge < -0.3 is 15.8 Å². The number of nitrogens with zero attached hydrogens (tertiary/aromatic N) is 2. The highest BCUT2D eigenvalue weighted by Gasteiger charge is 2.18. The average molecular weight is 225 g/mol. The summed E-state index contributed by atoms with van der Waals surface area (Å²) in [6.45, 7) is 6.58. The van der Waals surface area contributed by atoms with Crippen molar-refractivity contribution in [2.75, 3.05) is 23.9 Å². The highest BCUT2D eigenvalue weighted by molar-refractivity contribution is 5.47. The molecule has 0 aliphatic heterocycles. The van der Waals surface area contributed by atoms with Gasteiger partial charge in [0.1, 0.15) is 17.5 Å². The van der Waals surface area contributed by atoms with Crippen LogP contribution in [-0.4, -0.2) is 28.2 Å². The maximum Gasteiger partial charge on any atom is 0.145 e. The molecule has 1 heterocycles. The van der Waals surface area contributed by atoms with E-state index >= 15 is 0 Å². The summed E-state index contributed by atoms with van der Waals surface area (Å²) >= 11 is 0. The number of rotatable bonds is 4. The predicted molar refractivity (Wildman–Crippen MR) is 64.1 cm³/mol. The standard InChI is InChI=1S/C10H19N5O/c1-10(2,3)9-13-7(12-4-5-16)6-8(14-9)15-11/h6,16H,4-5,11H2,1-3H3,(H2,12,13,14,15). The third-order valence-electron chi connectivity index (χ3n) is 1.96. The molecular weight excluding hydrogens is 206 g/mol. The highest BCUT2D eigenvalue weighted by Crippen LogP contribution is 2.21. The maximum atomic E-state index is 8.74. The van der Waals surface area contributed by atoms with E-state index in [4.69, 9.17) is 10.9 Å². The Balaban J connectivity index is 3.01. The lowest BCUT2D eigenvalue weighted by Crippen LogP contribution is -2.20. The van der Waals surface area contributed by atoms with Gasteiger partial charge in [0.2, 0.25) is 0 Å². The molecule has 6 nitrogen and oxygen atoms in total. The molecule has 1 rings (SSSR count). The fraction of sp³-hybridized carbons (Fsp3) is 0.600. The lowest BCUT2D eigenvalue weighted by Gasteiger charge is -2.18. The molecule has 0 aliphatic carbocycles. The van der Waals surface area contributed by atoms with Gasteiger partial charge in [0.05, 0.1) is 6.61 Å². The van der Waals surface area contributed by atoms with Crippen LogP contribution in [0.4, 0.5) is 11.6 Å². The van der Waals surface area contributed by atoms with E-state index in [0.717, 1.165) is 0 Å². The molecule has 1 aromatic heterocycles. The van der Waals surface area contributed by atoms with Crippen LogP contribution in [0, 0.1) is 0 Å². The summed E-state index contributed by atoms with van der Waals surface area (Å²) in [7, 11) is 0. The van der Waals surface area contributed by atoms with Crippen LogP contribution in [0.15, 0.2) is 6.07 Å². The molecule has 16 heavy (non-hydrogen) atoms. The van der Waals surface area contributed by atoms with Crippen LogP contribution in [0.25, 0.3) is 0 Å². The van der Waals surface area contributed by atoms with Crippen molar-refractivity contribution in [3.05, 3.63) is 11.9 Å². The summed E-state index contributed by atoms with van der Waals surface area (Å²) < 4.78 is 0. The van der Waals surface area contributed by atoms with Gasteiger partial charge in [-0.3, -0.25) is 0 Å². The molecule has 0 amide bonds. The smallest absolute Gasteiger partial charge is 0.145 e. The third kappa shape index (κ3) is 3.32. The lowest BCUT2D eigenvalue weighted by molar-refractivity contribution is 0.311. The van der Waals surface area contributed by atoms with E-state index in [2.05, 4.69) is 20.7 Å². The monoisotopic (exact) mass is 225 g/mol. The fourth-order valence-electron chi connectivity index (χ4n) is 1.13. The van der Waals surface area contributed by atoms with Gasteiger partial charge in [0.15, 0.2) is 0 Å². The summed E-state index contributed by atoms with van der Waals surface area (Å²) in [5.41, 5.74) is 2.35. The van der Waals surface area contributed by atoms with Crippen LogP contribution in [0.1, 0.15) is 26.6 Å². The molecule has 0 aromatic carbocycles. The number of hydrogen-bond donors (Lipinski definition) is 4. The number of nitrogen functional groups attached to an aromatic ring is 1. The van der Waals surface area contributed by atoms with Crippen LogP contribution in [0.3, 0.4) is 0 Å². The van der Waals surface area contributed by atoms with E-state index in [-0.39, 0.29) is 12.0 Å². The van der Waals surface area contributed by atoms with Crippen LogP contribution in [0.5, 0.6) is 0 Å². The number of aromatic nitrogens is 2. The zero-order valence-electron chi connectivity index (χ0n) is 9.91. The number of nitrogens with two attached hydrogens (primary N) is 1. The van der Waals surface area contributed by atoms with Crippen LogP contribution in [0.2, 0.25) is 0 Å². The zero-order valence-corrected chi connectivity index (χ0v) is 9.91. The number of hydrogen-bond acceptors (Lipinski definition) is 6. The van der Waals surface area contributed by atoms with Gasteiger partial charge in [-0.2, -0.15) is 0 Å². The summed E-state index contributed by atoms with van der Waals surface area (Å²) in [6.07, 6.45) is 0. The van der Waals surface area contributed by atoms with E-state index in [0.29, 0.717) is 24.0 Å². The van der Waals surface area contributed by atoms with E-state index < -0.39 is 0 Å². The van der Waals surface area contributed by atoms with Gasteiger partial charge in [0.25, 0.3) is 0 Å². The average Bonchev–Trinajstić information content (AvgIpc) is 2.24. The van der Waals surface area contributed by atoms with Crippen LogP contribution in [-0.2, 0) is 5.41 Å². The molecule has 0 spiro atoms. The van der Waals surface area contributed by atoms with E-state index in [1.807, 2.05) is 20.8 Å².